The van der Waals surface area contributed by atoms with E-state index in [1.165, 1.54) is 4.90 Å². The average molecular weight is 645 g/mol. The number of aryl methyl sites for hydroxylation is 2. The molecule has 2 heterocycles. The lowest BCUT2D eigenvalue weighted by Gasteiger charge is -2.36. The number of hydrogen-bond donors (Lipinski definition) is 3. The van der Waals surface area contributed by atoms with E-state index in [1.54, 1.807) is 30.5 Å². The van der Waals surface area contributed by atoms with Gasteiger partial charge in [-0.05, 0) is 121 Å². The highest BCUT2D eigenvalue weighted by Gasteiger charge is 2.55. The number of nitrogens with zero attached hydrogens (tertiary/aromatic N) is 2. The van der Waals surface area contributed by atoms with Crippen LogP contribution in [0.15, 0.2) is 108 Å². The van der Waals surface area contributed by atoms with Gasteiger partial charge in [0.2, 0.25) is 11.8 Å². The molecule has 1 aliphatic heterocycles. The summed E-state index contributed by atoms with van der Waals surface area (Å²) in [5, 5.41) is 33.1. The highest BCUT2D eigenvalue weighted by Crippen LogP contribution is 2.47. The highest BCUT2D eigenvalue weighted by atomic mass is 16.5. The van der Waals surface area contributed by atoms with Gasteiger partial charge in [-0.1, -0.05) is 42.5 Å². The number of carbonyl (C=O) groups is 2. The number of imide groups is 1. The number of aliphatic hydroxyl groups is 2. The molecule has 1 aliphatic carbocycles. The number of para-hydroxylation sites is 2. The van der Waals surface area contributed by atoms with Crippen molar-refractivity contribution in [2.45, 2.75) is 39.2 Å². The molecule has 1 aromatic heterocycles. The normalized spacial score (nSPS) is 20.2. The van der Waals surface area contributed by atoms with Gasteiger partial charge in [-0.3, -0.25) is 19.5 Å². The number of phenols is 1. The zero-order chi connectivity index (χ0) is 33.8. The van der Waals surface area contributed by atoms with Crippen molar-refractivity contribution in [2.24, 2.45) is 17.8 Å². The first kappa shape index (κ1) is 32.9. The molecule has 2 amide bonds. The van der Waals surface area contributed by atoms with Gasteiger partial charge < -0.3 is 20.1 Å². The molecule has 0 saturated carbocycles. The van der Waals surface area contributed by atoms with Crippen LogP contribution in [0, 0.1) is 31.6 Å². The number of ether oxygens (including phenoxy) is 1. The van der Waals surface area contributed by atoms with E-state index < -0.39 is 30.5 Å². The van der Waals surface area contributed by atoms with Gasteiger partial charge in [0.1, 0.15) is 18.1 Å². The maximum Gasteiger partial charge on any atom is 0.238 e. The van der Waals surface area contributed by atoms with Crippen molar-refractivity contribution >= 4 is 29.2 Å². The smallest absolute Gasteiger partial charge is 0.238 e. The van der Waals surface area contributed by atoms with Crippen molar-refractivity contribution < 1.29 is 29.6 Å². The Morgan fingerprint density at radius 1 is 0.958 bits per heavy atom. The van der Waals surface area contributed by atoms with Crippen LogP contribution in [-0.2, 0) is 9.59 Å². The Hall–Kier alpha value is -5.05. The molecular weight excluding hydrogens is 604 g/mol. The second kappa shape index (κ2) is 14.4. The minimum atomic E-state index is -1.03. The predicted molar refractivity (Wildman–Crippen MR) is 185 cm³/mol. The van der Waals surface area contributed by atoms with Crippen LogP contribution in [0.2, 0.25) is 0 Å². The number of rotatable bonds is 11. The fourth-order valence-corrected chi connectivity index (χ4v) is 7.16. The molecule has 4 atom stereocenters. The van der Waals surface area contributed by atoms with Gasteiger partial charge in [0.15, 0.2) is 0 Å². The maximum atomic E-state index is 13.9. The van der Waals surface area contributed by atoms with E-state index in [2.05, 4.69) is 4.98 Å². The maximum absolute atomic E-state index is 13.9. The summed E-state index contributed by atoms with van der Waals surface area (Å²) in [6, 6.07) is 27.6. The molecule has 0 radical (unpaired) electrons. The summed E-state index contributed by atoms with van der Waals surface area (Å²) in [6.07, 6.45) is 3.66. The summed E-state index contributed by atoms with van der Waals surface area (Å²) >= 11 is 0. The largest absolute Gasteiger partial charge is 0.507 e. The highest BCUT2D eigenvalue weighted by molar-refractivity contribution is 6.22. The van der Waals surface area contributed by atoms with Crippen LogP contribution < -0.4 is 9.64 Å². The third kappa shape index (κ3) is 6.68. The second-order valence-corrected chi connectivity index (χ2v) is 12.6. The molecule has 0 spiro atoms. The Kier molecular flexibility index (Phi) is 9.85. The Labute approximate surface area is 280 Å². The second-order valence-electron chi connectivity index (χ2n) is 12.6. The number of phenolic OH excluding ortho intramolecular Hbond substituents is 1. The van der Waals surface area contributed by atoms with Crippen molar-refractivity contribution in [2.75, 3.05) is 18.1 Å². The van der Waals surface area contributed by atoms with E-state index in [0.717, 1.165) is 33.5 Å². The Morgan fingerprint density at radius 2 is 1.62 bits per heavy atom. The molecule has 1 fully saturated rings. The van der Waals surface area contributed by atoms with Crippen molar-refractivity contribution in [3.8, 4) is 11.5 Å². The Morgan fingerprint density at radius 3 is 2.27 bits per heavy atom. The lowest BCUT2D eigenvalue weighted by atomic mass is 9.68. The lowest BCUT2D eigenvalue weighted by Crippen LogP contribution is -2.40. The molecule has 4 aromatic rings. The standard InChI is InChI=1S/C40H40N2O6/c1-25-19-27(20-26(2)38(25)45)21-28(34-15-9-10-18-41-34)16-17-35(44)36-29(24-48-31-13-7-4-8-14-31)22-32-37(33(36)23-43)40(47)42(39(32)46)30-11-5-3-6-12-30/h3-15,18-21,32-33,35,37,43-45H,16-17,22-24H2,1-2H3/b28-21-/t32-,33+,35-,37-/m1/s1. The number of aromatic hydroxyl groups is 1. The summed E-state index contributed by atoms with van der Waals surface area (Å²) in [5.74, 6) is -2.01. The fourth-order valence-electron chi connectivity index (χ4n) is 7.16. The van der Waals surface area contributed by atoms with Crippen molar-refractivity contribution in [3.63, 3.8) is 0 Å². The van der Waals surface area contributed by atoms with Crippen LogP contribution in [0.4, 0.5) is 5.69 Å². The molecule has 1 saturated heterocycles. The third-order valence-electron chi connectivity index (χ3n) is 9.45. The predicted octanol–water partition coefficient (Wildman–Crippen LogP) is 6.28. The number of pyridine rings is 1. The summed E-state index contributed by atoms with van der Waals surface area (Å²) in [4.78, 5) is 33.5. The van der Waals surface area contributed by atoms with Crippen molar-refractivity contribution in [1.82, 2.24) is 4.98 Å². The van der Waals surface area contributed by atoms with E-state index in [0.29, 0.717) is 23.4 Å². The van der Waals surface area contributed by atoms with Gasteiger partial charge in [-0.25, -0.2) is 0 Å². The van der Waals surface area contributed by atoms with Gasteiger partial charge in [-0.2, -0.15) is 0 Å². The molecule has 3 N–H and O–H groups in total. The number of aromatic nitrogens is 1. The van der Waals surface area contributed by atoms with Crippen molar-refractivity contribution in [3.05, 3.63) is 131 Å². The number of amides is 2. The van der Waals surface area contributed by atoms with Gasteiger partial charge in [0.25, 0.3) is 0 Å². The van der Waals surface area contributed by atoms with Crippen LogP contribution in [0.1, 0.15) is 41.6 Å². The number of anilines is 1. The molecule has 3 aromatic carbocycles. The molecular formula is C40H40N2O6. The molecule has 8 nitrogen and oxygen atoms in total. The lowest BCUT2D eigenvalue weighted by molar-refractivity contribution is -0.123. The summed E-state index contributed by atoms with van der Waals surface area (Å²) in [6.45, 7) is 3.42. The van der Waals surface area contributed by atoms with Gasteiger partial charge in [0, 0.05) is 12.1 Å². The van der Waals surface area contributed by atoms with E-state index in [9.17, 15) is 24.9 Å². The van der Waals surface area contributed by atoms with Gasteiger partial charge in [0.05, 0.1) is 35.9 Å². The van der Waals surface area contributed by atoms with E-state index >= 15 is 0 Å². The topological polar surface area (TPSA) is 120 Å². The molecule has 48 heavy (non-hydrogen) atoms. The zero-order valence-electron chi connectivity index (χ0n) is 27.1. The number of carbonyl (C=O) groups excluding carboxylic acids is 2. The van der Waals surface area contributed by atoms with Crippen LogP contribution in [0.5, 0.6) is 11.5 Å². The van der Waals surface area contributed by atoms with Gasteiger partial charge in [-0.15, -0.1) is 0 Å². The van der Waals surface area contributed by atoms with Crippen LogP contribution in [0.3, 0.4) is 0 Å². The SMILES string of the molecule is Cc1cc(/C=C(/CC[C@@H](O)C2=C(COc3ccccc3)C[C@H]3C(=O)N(c4ccccc4)C(=O)[C@H]3[C@H]2CO)c2ccccn2)cc(C)c1O. The first-order valence-corrected chi connectivity index (χ1v) is 16.3. The minimum Gasteiger partial charge on any atom is -0.507 e. The van der Waals surface area contributed by atoms with E-state index in [-0.39, 0.29) is 37.0 Å². The van der Waals surface area contributed by atoms with E-state index in [4.69, 9.17) is 4.74 Å². The van der Waals surface area contributed by atoms with Crippen LogP contribution in [0.25, 0.3) is 11.6 Å². The molecule has 2 aliphatic rings. The summed E-state index contributed by atoms with van der Waals surface area (Å²) in [7, 11) is 0. The summed E-state index contributed by atoms with van der Waals surface area (Å²) in [5.41, 5.74) is 5.84. The monoisotopic (exact) mass is 644 g/mol. The van der Waals surface area contributed by atoms with Crippen LogP contribution >= 0.6 is 0 Å². The first-order valence-electron chi connectivity index (χ1n) is 16.3. The molecule has 0 bridgehead atoms. The Bertz CT molecular complexity index is 1810. The molecule has 246 valence electrons. The minimum absolute atomic E-state index is 0.109. The number of hydrogen-bond acceptors (Lipinski definition) is 7. The molecule has 8 heteroatoms. The summed E-state index contributed by atoms with van der Waals surface area (Å²) < 4.78 is 6.14. The molecule has 0 unspecified atom stereocenters. The Balaban J connectivity index is 1.34. The van der Waals surface area contributed by atoms with Crippen LogP contribution in [-0.4, -0.2) is 51.4 Å². The van der Waals surface area contributed by atoms with Crippen molar-refractivity contribution in [1.29, 1.82) is 0 Å². The number of aliphatic hydroxyl groups excluding tert-OH is 2. The number of benzene rings is 3. The zero-order valence-corrected chi connectivity index (χ0v) is 27.1. The number of fused-ring (bicyclic) bond motifs is 1. The average Bonchev–Trinajstić information content (AvgIpc) is 3.36. The third-order valence-corrected chi connectivity index (χ3v) is 9.45. The first-order chi connectivity index (χ1) is 23.3. The molecule has 6 rings (SSSR count). The quantitative estimate of drug-likeness (QED) is 0.130. The fraction of sp³-hybridized carbons (Fsp3) is 0.275. The van der Waals surface area contributed by atoms with E-state index in [1.807, 2.05) is 86.7 Å². The number of allylic oxidation sites excluding steroid dienone is 1. The van der Waals surface area contributed by atoms with Gasteiger partial charge >= 0.3 is 0 Å².